The highest BCUT2D eigenvalue weighted by atomic mass is 35.5. The van der Waals surface area contributed by atoms with E-state index in [1.807, 2.05) is 73.6 Å². The number of aromatic amines is 4. The number of carbonyl (C=O) groups excluding carboxylic acids is 1. The van der Waals surface area contributed by atoms with Crippen LogP contribution in [0.2, 0.25) is 15.1 Å². The number of nitrogens with zero attached hydrogens (tertiary/aromatic N) is 13. The quantitative estimate of drug-likeness (QED) is 0.0194. The zero-order chi connectivity index (χ0) is 80.3. The van der Waals surface area contributed by atoms with Crippen LogP contribution in [0.15, 0.2) is 136 Å². The molecule has 10 aromatic heterocycles. The number of carbonyl (C=O) groups is 2. The van der Waals surface area contributed by atoms with Crippen LogP contribution in [0.3, 0.4) is 0 Å². The number of aromatic carboxylic acids is 1. The Morgan fingerprint density at radius 1 is 0.518 bits per heavy atom. The van der Waals surface area contributed by atoms with Crippen LogP contribution in [0, 0.1) is 6.92 Å². The average molecular weight is 1710 g/mol. The summed E-state index contributed by atoms with van der Waals surface area (Å²) in [5.41, 5.74) is 6.89. The second-order valence-corrected chi connectivity index (χ2v) is 35.5. The monoisotopic (exact) mass is 1700 g/mol. The number of hydrogen-bond acceptors (Lipinski definition) is 28. The van der Waals surface area contributed by atoms with Crippen LogP contribution in [0.4, 0.5) is 74.6 Å². The van der Waals surface area contributed by atoms with Gasteiger partial charge in [-0.05, 0) is 160 Å². The number of anilines is 12. The van der Waals surface area contributed by atoms with Gasteiger partial charge in [0.1, 0.15) is 34.9 Å². The van der Waals surface area contributed by atoms with Gasteiger partial charge >= 0.3 is 12.1 Å². The van der Waals surface area contributed by atoms with Gasteiger partial charge < -0.3 is 52.0 Å². The minimum absolute atomic E-state index is 0. The number of carboxylic acid groups (broad SMARTS) is 1. The van der Waals surface area contributed by atoms with E-state index in [1.54, 1.807) is 57.3 Å². The molecule has 0 saturated heterocycles. The molecule has 0 radical (unpaired) electrons. The molecule has 0 aliphatic heterocycles. The van der Waals surface area contributed by atoms with Gasteiger partial charge in [0.25, 0.3) is 0 Å². The number of ether oxygens (including phenoxy) is 1. The van der Waals surface area contributed by atoms with Gasteiger partial charge in [-0.15, -0.1) is 22.7 Å². The number of benzene rings is 2. The lowest BCUT2D eigenvalue weighted by Crippen LogP contribution is -2.37. The van der Waals surface area contributed by atoms with Gasteiger partial charge in [-0.3, -0.25) is 20.4 Å². The van der Waals surface area contributed by atoms with Crippen LogP contribution >= 0.6 is 57.5 Å². The van der Waals surface area contributed by atoms with Crippen LogP contribution in [-0.2, 0) is 24.8 Å². The van der Waals surface area contributed by atoms with Gasteiger partial charge in [0.05, 0.1) is 33.9 Å². The molecular formula is C73H101Cl3N26O8S4. The van der Waals surface area contributed by atoms with Crippen LogP contribution in [0.5, 0.6) is 0 Å². The van der Waals surface area contributed by atoms with E-state index in [0.29, 0.717) is 132 Å². The second-order valence-electron chi connectivity index (χ2n) is 28.1. The molecule has 0 atom stereocenters. The predicted molar refractivity (Wildman–Crippen MR) is 461 cm³/mol. The van der Waals surface area contributed by atoms with Crippen LogP contribution < -0.4 is 46.7 Å². The summed E-state index contributed by atoms with van der Waals surface area (Å²) < 4.78 is 60.7. The van der Waals surface area contributed by atoms with Crippen molar-refractivity contribution in [3.05, 3.63) is 177 Å². The molecule has 114 heavy (non-hydrogen) atoms. The largest absolute Gasteiger partial charge is 0.478 e. The molecule has 41 heteroatoms. The molecule has 1 amide bonds. The Hall–Kier alpha value is -10.8. The maximum atomic E-state index is 12.6. The number of thiophene rings is 2. The fraction of sp³-hybridized carbons (Fsp3) is 0.315. The maximum absolute atomic E-state index is 12.6. The first kappa shape index (κ1) is 81.2. The number of likely N-dealkylation sites (N-methyl/N-ethyl adjacent to an activating group) is 1. The third kappa shape index (κ3) is 23.4. The molecule has 0 unspecified atom stereocenters. The van der Waals surface area contributed by atoms with E-state index in [-0.39, 0.29) is 41.3 Å². The zero-order valence-electron chi connectivity index (χ0n) is 62.3. The Kier molecular flexibility index (Phi) is 25.7. The van der Waals surface area contributed by atoms with Crippen molar-refractivity contribution in [3.8, 4) is 21.4 Å². The van der Waals surface area contributed by atoms with E-state index < -0.39 is 37.7 Å². The molecule has 0 spiro atoms. The van der Waals surface area contributed by atoms with Crippen molar-refractivity contribution < 1.29 is 50.5 Å². The Morgan fingerprint density at radius 2 is 0.930 bits per heavy atom. The van der Waals surface area contributed by atoms with Gasteiger partial charge in [0.15, 0.2) is 52.4 Å². The number of rotatable bonds is 29. The minimum Gasteiger partial charge on any atom is -0.478 e. The number of aromatic nitrogens is 16. The highest BCUT2D eigenvalue weighted by Gasteiger charge is 2.30. The van der Waals surface area contributed by atoms with E-state index in [4.69, 9.17) is 44.6 Å². The molecule has 4 aliphatic rings. The minimum atomic E-state index is -3.78. The highest BCUT2D eigenvalue weighted by Crippen LogP contribution is 2.43. The lowest BCUT2D eigenvalue weighted by Gasteiger charge is -2.19. The normalized spacial score (nSPS) is 13.9. The van der Waals surface area contributed by atoms with E-state index in [9.17, 15) is 26.4 Å². The number of carboxylic acids is 1. The van der Waals surface area contributed by atoms with Crippen molar-refractivity contribution in [1.82, 2.24) is 100 Å². The standard InChI is InChI=1S/C21H26ClN7O4S2.C18H22ClN7O2S2.C17H15ClN6O2.C17H18N6.10H2/c1-21(2,3)33-20(30)23-8-9-25-35(31,32)17-7-6-15(34-17)19-24-11-13(22)18(27-19)26-16-10-14(28-29-16)12-4-5-12;1-26(2)8-7-21-30(27,28)16-6-5-14(29-16)18-20-10-12(19)17(23-18)22-15-9-13(24-25-15)11-3-4-11;18-12-8-19-17(20-11-5-3-10(4-6-11)16(25)26)22-15(12)21-14-7-13(23-24-14)9-1-2-9;1-11-2-6-13(7-3-11)19-17-18-9-8-15(21-17)20-16-10-14(22-23-16)12-4-5-12;;;;;;;;;;/h6-7,10-12,25H,4-5,8-9H2,1-3H3,(H,23,30)(H2,24,26,27,28,29);5-6,9-11,21H,3-4,7-8H2,1-2H3,(H2,20,22,23,24,25);3-9H,1-2H2,(H,25,26)(H3,19,20,21,22,23,24);2-3,6-10,12H,4-5H2,1H3,(H3,18,19,20,21,22,23);10*1H. The molecule has 2 aromatic carbocycles. The van der Waals surface area contributed by atoms with Crippen LogP contribution in [0.25, 0.3) is 21.4 Å². The first-order chi connectivity index (χ1) is 54.7. The highest BCUT2D eigenvalue weighted by molar-refractivity contribution is 7.92. The number of amides is 1. The smallest absolute Gasteiger partial charge is 0.407 e. The SMILES string of the molecule is CC(C)(C)OC(=O)NCCNS(=O)(=O)c1ccc(-c2ncc(Cl)c(Nc3cc(C4CC4)[nH]n3)n2)s1.CN(C)CCNS(=O)(=O)c1ccc(-c2ncc(Cl)c(Nc3cc(C4CC4)[nH]n3)n2)s1.Cc1ccc(Nc2nccc(Nc3cc(C4CC4)[nH]n3)n2)cc1.O=C(O)c1ccc(Nc2ncc(Cl)c(Nc3cc(C4CC4)[nH]n3)n2)cc1.[HH].[HH].[HH].[HH].[HH].[HH].[HH].[HH].[HH].[HH]. The molecule has 4 fully saturated rings. The maximum Gasteiger partial charge on any atom is 0.407 e. The number of nitrogens with one attached hydrogen (secondary N) is 13. The topological polar surface area (TPSA) is 461 Å². The predicted octanol–water partition coefficient (Wildman–Crippen LogP) is 17.3. The number of sulfonamides is 2. The van der Waals surface area contributed by atoms with Crippen molar-refractivity contribution >= 4 is 159 Å². The lowest BCUT2D eigenvalue weighted by molar-refractivity contribution is 0.0528. The number of alkyl carbamates (subject to hydrolysis) is 1. The Balaban J connectivity index is 0.000000419. The Morgan fingerprint density at radius 3 is 1.36 bits per heavy atom. The zero-order valence-corrected chi connectivity index (χ0v) is 67.8. The Bertz CT molecular complexity index is 5610. The van der Waals surface area contributed by atoms with E-state index in [1.165, 1.54) is 86.6 Å². The molecule has 12 aromatic rings. The first-order valence-corrected chi connectivity index (χ1v) is 41.8. The molecule has 34 nitrogen and oxygen atoms in total. The molecule has 4 aliphatic carbocycles. The lowest BCUT2D eigenvalue weighted by atomic mass is 10.2. The molecule has 0 bridgehead atoms. The van der Waals surface area contributed by atoms with Gasteiger partial charge in [0.2, 0.25) is 31.9 Å². The van der Waals surface area contributed by atoms with Crippen LogP contribution in [0.1, 0.15) is 149 Å². The number of H-pyrrole nitrogens is 4. The summed E-state index contributed by atoms with van der Waals surface area (Å²) in [4.78, 5) is 60.3. The van der Waals surface area contributed by atoms with E-state index >= 15 is 0 Å². The van der Waals surface area contributed by atoms with Crippen molar-refractivity contribution in [1.29, 1.82) is 0 Å². The summed E-state index contributed by atoms with van der Waals surface area (Å²) in [6.07, 6.45) is 15.1. The van der Waals surface area contributed by atoms with Crippen molar-refractivity contribution in [2.75, 3.05) is 72.2 Å². The van der Waals surface area contributed by atoms with Gasteiger partial charge in [0, 0.05) is 129 Å². The molecule has 14 N–H and O–H groups in total. The summed E-state index contributed by atoms with van der Waals surface area (Å²) in [6, 6.07) is 30.5. The fourth-order valence-electron chi connectivity index (χ4n) is 10.6. The fourth-order valence-corrected chi connectivity index (χ4v) is 15.7. The number of aryl methyl sites for hydroxylation is 1. The summed E-state index contributed by atoms with van der Waals surface area (Å²) in [5, 5.41) is 60.3. The molecule has 16 rings (SSSR count). The van der Waals surface area contributed by atoms with E-state index in [0.717, 1.165) is 64.1 Å². The van der Waals surface area contributed by atoms with Crippen molar-refractivity contribution in [3.63, 3.8) is 0 Å². The average Bonchev–Trinajstić information content (AvgIpc) is 1.81. The first-order valence-electron chi connectivity index (χ1n) is 36.1. The van der Waals surface area contributed by atoms with Gasteiger partial charge in [-0.2, -0.15) is 30.4 Å². The third-order valence-corrected chi connectivity index (χ3v) is 24.0. The molecule has 616 valence electrons. The van der Waals surface area contributed by atoms with Crippen molar-refractivity contribution in [2.45, 2.75) is 117 Å². The van der Waals surface area contributed by atoms with Crippen molar-refractivity contribution in [2.24, 2.45) is 0 Å². The summed E-state index contributed by atoms with van der Waals surface area (Å²) >= 11 is 20.8. The molecular weight excluding hydrogens is 1600 g/mol. The number of halogens is 3. The third-order valence-electron chi connectivity index (χ3n) is 17.1. The summed E-state index contributed by atoms with van der Waals surface area (Å²) in [5.74, 6) is 7.52. The van der Waals surface area contributed by atoms with Crippen LogP contribution in [-0.4, -0.2) is 165 Å². The molecule has 4 saturated carbocycles. The summed E-state index contributed by atoms with van der Waals surface area (Å²) in [6.45, 7) is 8.33. The Labute approximate surface area is 693 Å². The molecule has 10 heterocycles. The number of hydrogen-bond donors (Lipinski definition) is 14. The summed E-state index contributed by atoms with van der Waals surface area (Å²) in [7, 11) is -3.59. The van der Waals surface area contributed by atoms with Gasteiger partial charge in [-0.25, -0.2) is 65.8 Å². The van der Waals surface area contributed by atoms with Gasteiger partial charge in [-0.1, -0.05) is 52.5 Å². The second kappa shape index (κ2) is 36.1. The van der Waals surface area contributed by atoms with E-state index in [2.05, 4.69) is 134 Å².